The minimum Gasteiger partial charge on any atom is -0.489 e. The highest BCUT2D eigenvalue weighted by Gasteiger charge is 2.57. The number of benzene rings is 2. The first-order valence-corrected chi connectivity index (χ1v) is 18.2. The Morgan fingerprint density at radius 2 is 1.62 bits per heavy atom. The summed E-state index contributed by atoms with van der Waals surface area (Å²) in [6.07, 6.45) is 2.33. The number of hydrogen-bond acceptors (Lipinski definition) is 8. The summed E-state index contributed by atoms with van der Waals surface area (Å²) in [5.41, 5.74) is 2.85. The van der Waals surface area contributed by atoms with Crippen LogP contribution in [-0.4, -0.2) is 51.6 Å². The zero-order valence-electron chi connectivity index (χ0n) is 24.9. The molecule has 0 spiro atoms. The van der Waals surface area contributed by atoms with E-state index in [9.17, 15) is 19.2 Å². The molecule has 0 heterocycles. The highest BCUT2D eigenvalue weighted by atomic mass is 28.3. The van der Waals surface area contributed by atoms with E-state index in [1.54, 1.807) is 30.3 Å². The molecular weight excluding hydrogens is 552 g/mol. The molecule has 224 valence electrons. The van der Waals surface area contributed by atoms with Crippen molar-refractivity contribution in [3.05, 3.63) is 77.4 Å². The molecule has 2 aromatic carbocycles. The topological polar surface area (TPSA) is 105 Å². The Hall–Kier alpha value is -3.72. The van der Waals surface area contributed by atoms with Crippen LogP contribution in [0.2, 0.25) is 25.7 Å². The molecule has 0 aliphatic heterocycles. The number of esters is 3. The maximum atomic E-state index is 13.4. The number of hydrogen-bond donors (Lipinski definition) is 0. The molecule has 0 amide bonds. The van der Waals surface area contributed by atoms with Crippen molar-refractivity contribution >= 4 is 31.8 Å². The van der Waals surface area contributed by atoms with Gasteiger partial charge in [0, 0.05) is 20.4 Å². The average molecular weight is 593 g/mol. The van der Waals surface area contributed by atoms with E-state index in [1.807, 2.05) is 19.1 Å². The molecule has 0 N–H and O–H groups in total. The number of fused-ring (bicyclic) bond motifs is 2. The van der Waals surface area contributed by atoms with Crippen LogP contribution in [0.3, 0.4) is 0 Å². The number of carbonyl (C=O) groups is 4. The summed E-state index contributed by atoms with van der Waals surface area (Å²) in [5, 5.41) is 0. The van der Waals surface area contributed by atoms with Gasteiger partial charge in [0.25, 0.3) is 0 Å². The highest BCUT2D eigenvalue weighted by molar-refractivity contribution is 6.76. The minimum atomic E-state index is -1.43. The van der Waals surface area contributed by atoms with Crippen LogP contribution in [-0.2, 0) is 35.2 Å². The maximum absolute atomic E-state index is 13.4. The maximum Gasteiger partial charge on any atom is 0.338 e. The van der Waals surface area contributed by atoms with Crippen molar-refractivity contribution in [1.29, 1.82) is 0 Å². The monoisotopic (exact) mass is 592 g/mol. The third-order valence-corrected chi connectivity index (χ3v) is 9.46. The molecule has 4 atom stereocenters. The van der Waals surface area contributed by atoms with Gasteiger partial charge in [-0.2, -0.15) is 0 Å². The Kier molecular flexibility index (Phi) is 10.0. The van der Waals surface area contributed by atoms with Gasteiger partial charge in [0.05, 0.1) is 36.5 Å². The second-order valence-electron chi connectivity index (χ2n) is 12.1. The SMILES string of the molecule is C=CCOC(=O)c1ccc(COc2ccc3c(c2)[C@@H]2C(=O)CC3[C@@H](C(=O)OCC[Si](C)(C)C)[C@@H]2C(=O)OCCC)cc1. The van der Waals surface area contributed by atoms with E-state index in [1.165, 1.54) is 6.08 Å². The molecule has 1 saturated carbocycles. The van der Waals surface area contributed by atoms with Gasteiger partial charge in [-0.1, -0.05) is 57.4 Å². The summed E-state index contributed by atoms with van der Waals surface area (Å²) in [5.74, 6) is -3.89. The van der Waals surface area contributed by atoms with Crippen molar-refractivity contribution in [3.63, 3.8) is 0 Å². The van der Waals surface area contributed by atoms with Crippen molar-refractivity contribution in [3.8, 4) is 5.75 Å². The van der Waals surface area contributed by atoms with E-state index in [-0.39, 0.29) is 32.0 Å². The minimum absolute atomic E-state index is 0.0758. The fourth-order valence-corrected chi connectivity index (χ4v) is 6.33. The van der Waals surface area contributed by atoms with Gasteiger partial charge in [0.2, 0.25) is 0 Å². The zero-order valence-corrected chi connectivity index (χ0v) is 25.9. The molecule has 0 aromatic heterocycles. The highest BCUT2D eigenvalue weighted by Crippen LogP contribution is 2.55. The number of carbonyl (C=O) groups excluding carboxylic acids is 4. The second kappa shape index (κ2) is 13.5. The summed E-state index contributed by atoms with van der Waals surface area (Å²) < 4.78 is 22.3. The molecule has 1 unspecified atom stereocenters. The summed E-state index contributed by atoms with van der Waals surface area (Å²) >= 11 is 0. The largest absolute Gasteiger partial charge is 0.489 e. The van der Waals surface area contributed by atoms with Crippen LogP contribution in [0.5, 0.6) is 5.75 Å². The first-order valence-electron chi connectivity index (χ1n) is 14.5. The Morgan fingerprint density at radius 1 is 0.929 bits per heavy atom. The summed E-state index contributed by atoms with van der Waals surface area (Å²) in [4.78, 5) is 52.1. The van der Waals surface area contributed by atoms with Crippen LogP contribution in [0, 0.1) is 11.8 Å². The molecule has 42 heavy (non-hydrogen) atoms. The first kappa shape index (κ1) is 31.2. The van der Waals surface area contributed by atoms with E-state index in [2.05, 4.69) is 26.2 Å². The van der Waals surface area contributed by atoms with Gasteiger partial charge in [0.1, 0.15) is 24.7 Å². The fraction of sp³-hybridized carbons (Fsp3) is 0.455. The van der Waals surface area contributed by atoms with Crippen molar-refractivity contribution in [2.45, 2.75) is 63.9 Å². The quantitative estimate of drug-likeness (QED) is 0.124. The standard InChI is InChI=1S/C33H40O8Si/c1-6-14-38-31(35)22-10-8-21(9-11-22)20-41-23-12-13-24-25(18-23)28-27(34)19-26(24)29(30(28)33(37)39-15-7-2)32(36)40-16-17-42(3,4)5/h6,8-13,18,26,28-30H,1,7,14-17,19-20H2,2-5H3/t26?,28-,29-,30-/m1/s1. The lowest BCUT2D eigenvalue weighted by atomic mass is 9.55. The van der Waals surface area contributed by atoms with Crippen LogP contribution < -0.4 is 4.74 Å². The Balaban J connectivity index is 1.54. The van der Waals surface area contributed by atoms with Gasteiger partial charge in [0.15, 0.2) is 0 Å². The van der Waals surface area contributed by atoms with Crippen molar-refractivity contribution in [2.24, 2.45) is 11.8 Å². The third kappa shape index (κ3) is 7.18. The average Bonchev–Trinajstić information content (AvgIpc) is 2.96. The summed E-state index contributed by atoms with van der Waals surface area (Å²) in [6, 6.07) is 13.3. The Morgan fingerprint density at radius 3 is 2.29 bits per heavy atom. The van der Waals surface area contributed by atoms with Crippen LogP contribution in [0.25, 0.3) is 0 Å². The zero-order chi connectivity index (χ0) is 30.4. The Labute approximate surface area is 248 Å². The van der Waals surface area contributed by atoms with Gasteiger partial charge in [-0.05, 0) is 53.4 Å². The van der Waals surface area contributed by atoms with Gasteiger partial charge < -0.3 is 18.9 Å². The molecule has 0 saturated heterocycles. The molecule has 2 aromatic rings. The van der Waals surface area contributed by atoms with Crippen molar-refractivity contribution in [1.82, 2.24) is 0 Å². The summed E-state index contributed by atoms with van der Waals surface area (Å²) in [6.45, 7) is 13.0. The van der Waals surface area contributed by atoms with Gasteiger partial charge in [-0.25, -0.2) is 4.79 Å². The fourth-order valence-electron chi connectivity index (χ4n) is 5.62. The lowest BCUT2D eigenvalue weighted by molar-refractivity contribution is -0.167. The Bertz CT molecular complexity index is 1330. The van der Waals surface area contributed by atoms with E-state index < -0.39 is 49.7 Å². The molecule has 2 bridgehead atoms. The third-order valence-electron chi connectivity index (χ3n) is 7.76. The first-order chi connectivity index (χ1) is 20.0. The smallest absolute Gasteiger partial charge is 0.338 e. The van der Waals surface area contributed by atoms with E-state index in [0.717, 1.165) is 17.2 Å². The van der Waals surface area contributed by atoms with Crippen LogP contribution in [0.15, 0.2) is 55.1 Å². The molecule has 5 rings (SSSR count). The number of ether oxygens (including phenoxy) is 4. The molecular formula is C33H40O8Si. The molecule has 9 heteroatoms. The van der Waals surface area contributed by atoms with Gasteiger partial charge in [-0.3, -0.25) is 14.4 Å². The van der Waals surface area contributed by atoms with E-state index >= 15 is 0 Å². The van der Waals surface area contributed by atoms with Crippen LogP contribution in [0.1, 0.15) is 58.6 Å². The molecule has 1 fully saturated rings. The van der Waals surface area contributed by atoms with E-state index in [4.69, 9.17) is 18.9 Å². The lowest BCUT2D eigenvalue weighted by Crippen LogP contribution is -2.50. The second-order valence-corrected chi connectivity index (χ2v) is 17.7. The van der Waals surface area contributed by atoms with Gasteiger partial charge in [-0.15, -0.1) is 0 Å². The number of Topliss-reactive ketones (excluding diaryl/α,β-unsaturated/α-hetero) is 1. The van der Waals surface area contributed by atoms with Crippen LogP contribution >= 0.6 is 0 Å². The molecule has 3 aliphatic carbocycles. The summed E-state index contributed by atoms with van der Waals surface area (Å²) in [7, 11) is -1.43. The van der Waals surface area contributed by atoms with Crippen molar-refractivity contribution < 1.29 is 38.1 Å². The van der Waals surface area contributed by atoms with Crippen LogP contribution in [0.4, 0.5) is 0 Å². The lowest BCUT2D eigenvalue weighted by Gasteiger charge is -2.46. The predicted molar refractivity (Wildman–Crippen MR) is 160 cm³/mol. The number of rotatable bonds is 13. The van der Waals surface area contributed by atoms with Crippen molar-refractivity contribution in [2.75, 3.05) is 19.8 Å². The predicted octanol–water partition coefficient (Wildman–Crippen LogP) is 5.83. The normalized spacial score (nSPS) is 20.8. The van der Waals surface area contributed by atoms with E-state index in [0.29, 0.717) is 29.9 Å². The molecule has 8 nitrogen and oxygen atoms in total. The molecule has 3 aliphatic rings. The molecule has 0 radical (unpaired) electrons. The number of ketones is 1. The van der Waals surface area contributed by atoms with Gasteiger partial charge >= 0.3 is 17.9 Å².